The average molecular weight is 398 g/mol. The fraction of sp³-hybridized carbons (Fsp3) is 0.286. The molecule has 2 aromatic heterocycles. The number of carboxylic acids is 1. The Hall–Kier alpha value is -3.13. The molecule has 3 heterocycles. The summed E-state index contributed by atoms with van der Waals surface area (Å²) in [5.41, 5.74) is 2.67. The molecule has 150 valence electrons. The number of carboxylic acid groups (broad SMARTS) is 1. The second-order valence-corrected chi connectivity index (χ2v) is 7.05. The molecule has 0 amide bonds. The first kappa shape index (κ1) is 19.2. The lowest BCUT2D eigenvalue weighted by Crippen LogP contribution is -2.31. The number of fused-ring (bicyclic) bond motifs is 2. The molecule has 1 aliphatic rings. The lowest BCUT2D eigenvalue weighted by Gasteiger charge is -2.30. The Morgan fingerprint density at radius 1 is 1.31 bits per heavy atom. The number of carbonyl (C=O) groups is 1. The number of nitrogens with zero attached hydrogens (tertiary/aromatic N) is 4. The van der Waals surface area contributed by atoms with E-state index in [2.05, 4.69) is 10.00 Å². The summed E-state index contributed by atoms with van der Waals surface area (Å²) in [5, 5.41) is 14.4. The van der Waals surface area contributed by atoms with Gasteiger partial charge >= 0.3 is 5.97 Å². The smallest absolute Gasteiger partial charge is 0.336 e. The van der Waals surface area contributed by atoms with Gasteiger partial charge in [0.1, 0.15) is 5.69 Å². The fourth-order valence-corrected chi connectivity index (χ4v) is 3.84. The van der Waals surface area contributed by atoms with Crippen molar-refractivity contribution < 1.29 is 18.7 Å². The molecule has 1 aliphatic heterocycles. The van der Waals surface area contributed by atoms with Crippen LogP contribution in [0.15, 0.2) is 30.5 Å². The van der Waals surface area contributed by atoms with Gasteiger partial charge in [-0.15, -0.1) is 0 Å². The van der Waals surface area contributed by atoms with E-state index in [4.69, 9.17) is 4.98 Å². The summed E-state index contributed by atoms with van der Waals surface area (Å²) in [6.45, 7) is 3.60. The maximum atomic E-state index is 13.4. The van der Waals surface area contributed by atoms with Crippen LogP contribution in [-0.2, 0) is 13.6 Å². The van der Waals surface area contributed by atoms with Crippen LogP contribution < -0.4 is 0 Å². The number of para-hydroxylation sites is 1. The summed E-state index contributed by atoms with van der Waals surface area (Å²) >= 11 is 0. The number of hydrogen-bond acceptors (Lipinski definition) is 4. The molecule has 0 saturated heterocycles. The Labute approximate surface area is 166 Å². The zero-order chi connectivity index (χ0) is 20.7. The Morgan fingerprint density at radius 2 is 2.07 bits per heavy atom. The number of likely N-dealkylation sites (N-methyl/N-ethyl adjacent to an activating group) is 1. The minimum Gasteiger partial charge on any atom is -0.478 e. The third-order valence-corrected chi connectivity index (χ3v) is 5.16. The number of pyridine rings is 1. The van der Waals surface area contributed by atoms with E-state index in [1.807, 2.05) is 6.92 Å². The molecule has 0 aliphatic carbocycles. The van der Waals surface area contributed by atoms with Crippen LogP contribution in [-0.4, -0.2) is 43.8 Å². The Balaban J connectivity index is 1.99. The summed E-state index contributed by atoms with van der Waals surface area (Å²) in [7, 11) is 1.59. The maximum absolute atomic E-state index is 13.4. The predicted molar refractivity (Wildman–Crippen MR) is 106 cm³/mol. The molecule has 0 radical (unpaired) electrons. The second kappa shape index (κ2) is 7.36. The highest BCUT2D eigenvalue weighted by Gasteiger charge is 2.28. The number of halogens is 2. The van der Waals surface area contributed by atoms with Gasteiger partial charge in [-0.3, -0.25) is 9.58 Å². The molecule has 1 N–H and O–H groups in total. The molecule has 0 fully saturated rings. The van der Waals surface area contributed by atoms with E-state index in [1.165, 1.54) is 10.9 Å². The molecule has 3 aromatic rings. The molecule has 1 aromatic carbocycles. The SMILES string of the molecule is CCN1CC(=Cc2cn(C)nc2C(F)F)c2nc3ccccc3c(C(=O)O)c2C1. The topological polar surface area (TPSA) is 71.2 Å². The van der Waals surface area contributed by atoms with Crippen LogP contribution in [0, 0.1) is 0 Å². The molecular formula is C21H20F2N4O2. The number of aromatic nitrogens is 3. The van der Waals surface area contributed by atoms with Gasteiger partial charge in [0.05, 0.1) is 16.8 Å². The minimum absolute atomic E-state index is 0.218. The zero-order valence-corrected chi connectivity index (χ0v) is 16.1. The lowest BCUT2D eigenvalue weighted by molar-refractivity contribution is 0.0696. The van der Waals surface area contributed by atoms with Gasteiger partial charge in [-0.25, -0.2) is 18.6 Å². The van der Waals surface area contributed by atoms with Crippen molar-refractivity contribution in [2.24, 2.45) is 7.05 Å². The van der Waals surface area contributed by atoms with Gasteiger partial charge in [-0.1, -0.05) is 25.1 Å². The van der Waals surface area contributed by atoms with Crippen molar-refractivity contribution in [3.63, 3.8) is 0 Å². The summed E-state index contributed by atoms with van der Waals surface area (Å²) in [6.07, 6.45) is 0.494. The highest BCUT2D eigenvalue weighted by Crippen LogP contribution is 2.35. The van der Waals surface area contributed by atoms with Crippen molar-refractivity contribution in [3.05, 3.63) is 58.5 Å². The van der Waals surface area contributed by atoms with Crippen LogP contribution in [0.1, 0.15) is 46.2 Å². The maximum Gasteiger partial charge on any atom is 0.336 e. The lowest BCUT2D eigenvalue weighted by atomic mass is 9.92. The number of rotatable bonds is 4. The van der Waals surface area contributed by atoms with Crippen LogP contribution >= 0.6 is 0 Å². The number of aromatic carboxylic acids is 1. The van der Waals surface area contributed by atoms with Gasteiger partial charge in [0.15, 0.2) is 0 Å². The van der Waals surface area contributed by atoms with Crippen LogP contribution in [0.2, 0.25) is 0 Å². The quantitative estimate of drug-likeness (QED) is 0.720. The third kappa shape index (κ3) is 3.40. The Bertz CT molecular complexity index is 1140. The average Bonchev–Trinajstić information content (AvgIpc) is 3.06. The van der Waals surface area contributed by atoms with Gasteiger partial charge in [0.25, 0.3) is 6.43 Å². The van der Waals surface area contributed by atoms with Gasteiger partial charge < -0.3 is 5.11 Å². The first-order chi connectivity index (χ1) is 13.9. The fourth-order valence-electron chi connectivity index (χ4n) is 3.84. The molecule has 8 heteroatoms. The monoisotopic (exact) mass is 398 g/mol. The van der Waals surface area contributed by atoms with Gasteiger partial charge in [0, 0.05) is 42.8 Å². The molecule has 4 rings (SSSR count). The number of aryl methyl sites for hydroxylation is 1. The first-order valence-corrected chi connectivity index (χ1v) is 9.29. The summed E-state index contributed by atoms with van der Waals surface area (Å²) in [6, 6.07) is 7.09. The van der Waals surface area contributed by atoms with Crippen LogP contribution in [0.5, 0.6) is 0 Å². The van der Waals surface area contributed by atoms with E-state index < -0.39 is 12.4 Å². The van der Waals surface area contributed by atoms with Gasteiger partial charge in [-0.05, 0) is 24.3 Å². The number of hydrogen-bond donors (Lipinski definition) is 1. The molecule has 0 spiro atoms. The largest absolute Gasteiger partial charge is 0.478 e. The molecule has 0 saturated carbocycles. The molecule has 6 nitrogen and oxygen atoms in total. The van der Waals surface area contributed by atoms with Crippen molar-refractivity contribution in [3.8, 4) is 0 Å². The van der Waals surface area contributed by atoms with Crippen molar-refractivity contribution in [2.75, 3.05) is 13.1 Å². The van der Waals surface area contributed by atoms with E-state index in [0.717, 1.165) is 0 Å². The first-order valence-electron chi connectivity index (χ1n) is 9.29. The van der Waals surface area contributed by atoms with E-state index in [0.29, 0.717) is 52.9 Å². The molecule has 0 atom stereocenters. The molecule has 29 heavy (non-hydrogen) atoms. The Morgan fingerprint density at radius 3 is 2.76 bits per heavy atom. The van der Waals surface area contributed by atoms with Crippen molar-refractivity contribution in [1.82, 2.24) is 19.7 Å². The summed E-state index contributed by atoms with van der Waals surface area (Å²) < 4.78 is 28.2. The highest BCUT2D eigenvalue weighted by molar-refractivity contribution is 6.06. The van der Waals surface area contributed by atoms with Crippen molar-refractivity contribution >= 4 is 28.5 Å². The summed E-state index contributed by atoms with van der Waals surface area (Å²) in [5.74, 6) is -1.02. The van der Waals surface area contributed by atoms with Crippen molar-refractivity contribution in [1.29, 1.82) is 0 Å². The van der Waals surface area contributed by atoms with Gasteiger partial charge in [-0.2, -0.15) is 5.10 Å². The van der Waals surface area contributed by atoms with Crippen LogP contribution in [0.25, 0.3) is 22.6 Å². The van der Waals surface area contributed by atoms with E-state index in [1.54, 1.807) is 37.4 Å². The Kier molecular flexibility index (Phi) is 4.87. The minimum atomic E-state index is -2.70. The van der Waals surface area contributed by atoms with Gasteiger partial charge in [0.2, 0.25) is 0 Å². The van der Waals surface area contributed by atoms with Crippen LogP contribution in [0.3, 0.4) is 0 Å². The van der Waals surface area contributed by atoms with E-state index in [-0.39, 0.29) is 11.3 Å². The summed E-state index contributed by atoms with van der Waals surface area (Å²) in [4.78, 5) is 18.9. The number of alkyl halides is 2. The van der Waals surface area contributed by atoms with E-state index in [9.17, 15) is 18.7 Å². The normalized spacial score (nSPS) is 16.0. The standard InChI is InChI=1S/C21H20F2N4O2/c1-3-27-10-13(8-12-9-26(2)25-19(12)20(22)23)18-15(11-27)17(21(28)29)14-6-4-5-7-16(14)24-18/h4-9,20H,3,10-11H2,1-2H3,(H,28,29). The van der Waals surface area contributed by atoms with E-state index >= 15 is 0 Å². The van der Waals surface area contributed by atoms with Crippen molar-refractivity contribution in [2.45, 2.75) is 19.9 Å². The molecule has 0 bridgehead atoms. The second-order valence-electron chi connectivity index (χ2n) is 7.05. The molecule has 0 unspecified atom stereocenters. The zero-order valence-electron chi connectivity index (χ0n) is 16.1. The highest BCUT2D eigenvalue weighted by atomic mass is 19.3. The number of benzene rings is 1. The third-order valence-electron chi connectivity index (χ3n) is 5.16. The predicted octanol–water partition coefficient (Wildman–Crippen LogP) is 3.98. The molecular weight excluding hydrogens is 378 g/mol. The van der Waals surface area contributed by atoms with Crippen LogP contribution in [0.4, 0.5) is 8.78 Å².